The summed E-state index contributed by atoms with van der Waals surface area (Å²) < 4.78 is 0. The minimum atomic E-state index is -1.15. The van der Waals surface area contributed by atoms with Crippen LogP contribution >= 0.6 is 0 Å². The van der Waals surface area contributed by atoms with Crippen LogP contribution in [-0.2, 0) is 10.3 Å². The molecule has 2 aromatic carbocycles. The standard InChI is InChI=1S/C18H17N3O4/c1-2-18(13-6-4-3-5-7-13)16(24)21(17(25)20-18)19-11-12-8-9-14(22)15(23)10-12/h3-11,22-23H,2H2,1H3,(H,20,25)/b19-11+/t18-/m1/s1. The first-order chi connectivity index (χ1) is 12.0. The number of phenolic OH excluding ortho intramolecular Hbond substituents is 2. The van der Waals surface area contributed by atoms with E-state index in [-0.39, 0.29) is 11.5 Å². The average molecular weight is 339 g/mol. The van der Waals surface area contributed by atoms with Crippen molar-refractivity contribution in [3.05, 3.63) is 59.7 Å². The molecule has 3 amide bonds. The van der Waals surface area contributed by atoms with Crippen molar-refractivity contribution in [1.29, 1.82) is 0 Å². The molecule has 3 rings (SSSR count). The van der Waals surface area contributed by atoms with E-state index in [4.69, 9.17) is 0 Å². The minimum absolute atomic E-state index is 0.263. The number of hydrogen-bond acceptors (Lipinski definition) is 5. The molecule has 7 heteroatoms. The zero-order chi connectivity index (χ0) is 18.0. The van der Waals surface area contributed by atoms with Crippen LogP contribution in [0, 0.1) is 0 Å². The Bertz CT molecular complexity index is 851. The maximum absolute atomic E-state index is 12.9. The minimum Gasteiger partial charge on any atom is -0.504 e. The molecule has 0 radical (unpaired) electrons. The second-order valence-corrected chi connectivity index (χ2v) is 5.66. The highest BCUT2D eigenvalue weighted by Gasteiger charge is 2.51. The van der Waals surface area contributed by atoms with E-state index in [9.17, 15) is 19.8 Å². The SMILES string of the molecule is CC[C@]1(c2ccccc2)NC(=O)N(/N=C/c2ccc(O)c(O)c2)C1=O. The Kier molecular flexibility index (Phi) is 4.14. The van der Waals surface area contributed by atoms with Crippen molar-refractivity contribution in [2.75, 3.05) is 0 Å². The van der Waals surface area contributed by atoms with Crippen LogP contribution < -0.4 is 5.32 Å². The Balaban J connectivity index is 1.91. The number of aromatic hydroxyl groups is 2. The van der Waals surface area contributed by atoms with Gasteiger partial charge in [-0.25, -0.2) is 4.79 Å². The highest BCUT2D eigenvalue weighted by atomic mass is 16.3. The molecule has 0 aliphatic carbocycles. The molecule has 1 heterocycles. The van der Waals surface area contributed by atoms with E-state index in [1.54, 1.807) is 24.3 Å². The van der Waals surface area contributed by atoms with Crippen LogP contribution in [0.1, 0.15) is 24.5 Å². The molecule has 0 saturated carbocycles. The van der Waals surface area contributed by atoms with Gasteiger partial charge in [0.2, 0.25) is 0 Å². The molecule has 128 valence electrons. The number of phenols is 2. The van der Waals surface area contributed by atoms with Crippen molar-refractivity contribution in [2.24, 2.45) is 5.10 Å². The summed E-state index contributed by atoms with van der Waals surface area (Å²) in [7, 11) is 0. The van der Waals surface area contributed by atoms with Gasteiger partial charge in [-0.1, -0.05) is 37.3 Å². The number of hydrazone groups is 1. The molecule has 7 nitrogen and oxygen atoms in total. The number of nitrogens with zero attached hydrogens (tertiary/aromatic N) is 2. The number of carbonyl (C=O) groups is 2. The summed E-state index contributed by atoms with van der Waals surface area (Å²) in [5.41, 5.74) is -0.0206. The van der Waals surface area contributed by atoms with Gasteiger partial charge in [0.15, 0.2) is 11.5 Å². The Morgan fingerprint density at radius 1 is 1.12 bits per heavy atom. The highest BCUT2D eigenvalue weighted by molar-refractivity contribution is 6.07. The lowest BCUT2D eigenvalue weighted by atomic mass is 9.87. The quantitative estimate of drug-likeness (QED) is 0.452. The molecule has 1 aliphatic rings. The average Bonchev–Trinajstić information content (AvgIpc) is 2.88. The lowest BCUT2D eigenvalue weighted by Gasteiger charge is -2.24. The van der Waals surface area contributed by atoms with Crippen LogP contribution in [0.3, 0.4) is 0 Å². The van der Waals surface area contributed by atoms with Crippen molar-refractivity contribution in [3.63, 3.8) is 0 Å². The van der Waals surface area contributed by atoms with Crippen molar-refractivity contribution >= 4 is 18.2 Å². The second kappa shape index (κ2) is 6.27. The molecule has 2 aromatic rings. The summed E-state index contributed by atoms with van der Waals surface area (Å²) in [6.45, 7) is 1.82. The number of amides is 3. The fourth-order valence-corrected chi connectivity index (χ4v) is 2.77. The molecule has 0 unspecified atom stereocenters. The molecule has 1 aliphatic heterocycles. The molecular formula is C18H17N3O4. The highest BCUT2D eigenvalue weighted by Crippen LogP contribution is 2.32. The monoisotopic (exact) mass is 339 g/mol. The van der Waals surface area contributed by atoms with Gasteiger partial charge in [-0.2, -0.15) is 5.10 Å². The van der Waals surface area contributed by atoms with E-state index in [0.717, 1.165) is 5.01 Å². The molecule has 0 bridgehead atoms. The van der Waals surface area contributed by atoms with Crippen LogP contribution in [0.5, 0.6) is 11.5 Å². The number of nitrogens with one attached hydrogen (secondary N) is 1. The first kappa shape index (κ1) is 16.5. The van der Waals surface area contributed by atoms with Crippen LogP contribution in [-0.4, -0.2) is 33.4 Å². The van der Waals surface area contributed by atoms with E-state index in [1.807, 2.05) is 13.0 Å². The number of urea groups is 1. The van der Waals surface area contributed by atoms with Gasteiger partial charge in [0.05, 0.1) is 6.21 Å². The summed E-state index contributed by atoms with van der Waals surface area (Å²) in [6.07, 6.45) is 1.65. The lowest BCUT2D eigenvalue weighted by Crippen LogP contribution is -2.43. The Morgan fingerprint density at radius 2 is 1.84 bits per heavy atom. The molecule has 25 heavy (non-hydrogen) atoms. The summed E-state index contributed by atoms with van der Waals surface area (Å²) in [5.74, 6) is -1.04. The van der Waals surface area contributed by atoms with Gasteiger partial charge in [-0.05, 0) is 35.7 Å². The van der Waals surface area contributed by atoms with Crippen molar-refractivity contribution in [3.8, 4) is 11.5 Å². The molecule has 0 aromatic heterocycles. The zero-order valence-electron chi connectivity index (χ0n) is 13.5. The second-order valence-electron chi connectivity index (χ2n) is 5.66. The fourth-order valence-electron chi connectivity index (χ4n) is 2.77. The normalized spacial score (nSPS) is 20.3. The van der Waals surface area contributed by atoms with E-state index in [1.165, 1.54) is 24.4 Å². The summed E-state index contributed by atoms with van der Waals surface area (Å²) in [4.78, 5) is 25.1. The van der Waals surface area contributed by atoms with Gasteiger partial charge in [-0.3, -0.25) is 4.79 Å². The molecule has 1 fully saturated rings. The van der Waals surface area contributed by atoms with Crippen LogP contribution in [0.4, 0.5) is 4.79 Å². The van der Waals surface area contributed by atoms with Gasteiger partial charge >= 0.3 is 6.03 Å². The number of carbonyl (C=O) groups excluding carboxylic acids is 2. The Morgan fingerprint density at radius 3 is 2.48 bits per heavy atom. The van der Waals surface area contributed by atoms with E-state index < -0.39 is 17.5 Å². The molecule has 1 atom stereocenters. The Hall–Kier alpha value is -3.35. The van der Waals surface area contributed by atoms with Gasteiger partial charge in [0.1, 0.15) is 5.54 Å². The molecule has 1 saturated heterocycles. The maximum atomic E-state index is 12.9. The molecular weight excluding hydrogens is 322 g/mol. The predicted octanol–water partition coefficient (Wildman–Crippen LogP) is 2.29. The maximum Gasteiger partial charge on any atom is 0.346 e. The van der Waals surface area contributed by atoms with Crippen molar-refractivity contribution in [2.45, 2.75) is 18.9 Å². The van der Waals surface area contributed by atoms with E-state index >= 15 is 0 Å². The first-order valence-corrected chi connectivity index (χ1v) is 7.76. The van der Waals surface area contributed by atoms with Gasteiger partial charge in [0.25, 0.3) is 5.91 Å². The fraction of sp³-hybridized carbons (Fsp3) is 0.167. The van der Waals surface area contributed by atoms with Crippen LogP contribution in [0.25, 0.3) is 0 Å². The molecule has 3 N–H and O–H groups in total. The molecule has 0 spiro atoms. The summed E-state index contributed by atoms with van der Waals surface area (Å²) in [5, 5.41) is 26.3. The van der Waals surface area contributed by atoms with Crippen molar-refractivity contribution in [1.82, 2.24) is 10.3 Å². The largest absolute Gasteiger partial charge is 0.504 e. The first-order valence-electron chi connectivity index (χ1n) is 7.76. The van der Waals surface area contributed by atoms with Crippen molar-refractivity contribution < 1.29 is 19.8 Å². The smallest absolute Gasteiger partial charge is 0.346 e. The topological polar surface area (TPSA) is 102 Å². The lowest BCUT2D eigenvalue weighted by molar-refractivity contribution is -0.131. The van der Waals surface area contributed by atoms with E-state index in [0.29, 0.717) is 17.5 Å². The third-order valence-electron chi connectivity index (χ3n) is 4.19. The number of imide groups is 1. The number of rotatable bonds is 4. The van der Waals surface area contributed by atoms with Crippen LogP contribution in [0.15, 0.2) is 53.6 Å². The summed E-state index contributed by atoms with van der Waals surface area (Å²) in [6, 6.07) is 12.5. The van der Waals surface area contributed by atoms with Gasteiger partial charge in [-0.15, -0.1) is 5.01 Å². The zero-order valence-corrected chi connectivity index (χ0v) is 13.5. The Labute approximate surface area is 144 Å². The van der Waals surface area contributed by atoms with Gasteiger partial charge in [0, 0.05) is 0 Å². The predicted molar refractivity (Wildman–Crippen MR) is 91.2 cm³/mol. The third kappa shape index (κ3) is 2.80. The number of hydrogen-bond donors (Lipinski definition) is 3. The van der Waals surface area contributed by atoms with Gasteiger partial charge < -0.3 is 15.5 Å². The summed E-state index contributed by atoms with van der Waals surface area (Å²) >= 11 is 0. The van der Waals surface area contributed by atoms with E-state index in [2.05, 4.69) is 10.4 Å². The van der Waals surface area contributed by atoms with Crippen LogP contribution in [0.2, 0.25) is 0 Å². The third-order valence-corrected chi connectivity index (χ3v) is 4.19. The number of benzene rings is 2.